The van der Waals surface area contributed by atoms with Gasteiger partial charge in [0.1, 0.15) is 10.7 Å². The molecule has 0 unspecified atom stereocenters. The molecule has 11 heteroatoms. The number of nitrogens with zero attached hydrogens (tertiary/aromatic N) is 4. The quantitative estimate of drug-likeness (QED) is 0.181. The molecule has 8 nitrogen and oxygen atoms in total. The van der Waals surface area contributed by atoms with Gasteiger partial charge in [-0.25, -0.2) is 26.4 Å². The third kappa shape index (κ3) is 5.06. The van der Waals surface area contributed by atoms with Crippen molar-refractivity contribution in [2.45, 2.75) is 11.8 Å². The number of fused-ring (bicyclic) bond motifs is 1. The molecule has 1 N–H and O–H groups in total. The molecule has 4 aromatic carbocycles. The highest BCUT2D eigenvalue weighted by atomic mass is 35.5. The van der Waals surface area contributed by atoms with Crippen molar-refractivity contribution in [2.75, 3.05) is 0 Å². The van der Waals surface area contributed by atoms with Crippen LogP contribution in [0.2, 0.25) is 5.02 Å². The van der Waals surface area contributed by atoms with Gasteiger partial charge in [0.25, 0.3) is 10.0 Å². The van der Waals surface area contributed by atoms with E-state index in [1.165, 1.54) is 48.7 Å². The predicted molar refractivity (Wildman–Crippen MR) is 173 cm³/mol. The number of carbonyl (C=O) groups is 1. The van der Waals surface area contributed by atoms with Gasteiger partial charge in [0.2, 0.25) is 0 Å². The number of benzene rings is 4. The van der Waals surface area contributed by atoms with Crippen molar-refractivity contribution in [2.24, 2.45) is 0 Å². The zero-order valence-corrected chi connectivity index (χ0v) is 25.4. The molecule has 0 bridgehead atoms. The third-order valence-electron chi connectivity index (χ3n) is 7.51. The summed E-state index contributed by atoms with van der Waals surface area (Å²) in [5.41, 5.74) is 2.62. The van der Waals surface area contributed by atoms with E-state index in [0.717, 1.165) is 10.0 Å². The van der Waals surface area contributed by atoms with Crippen LogP contribution in [0.5, 0.6) is 0 Å². The van der Waals surface area contributed by atoms with Crippen molar-refractivity contribution in [1.29, 1.82) is 5.26 Å². The maximum absolute atomic E-state index is 15.0. The lowest BCUT2D eigenvalue weighted by Crippen LogP contribution is -2.15. The summed E-state index contributed by atoms with van der Waals surface area (Å²) in [4.78, 5) is 19.2. The Morgan fingerprint density at radius 1 is 1.00 bits per heavy atom. The topological polar surface area (TPSA) is 117 Å². The highest BCUT2D eigenvalue weighted by molar-refractivity contribution is 7.90. The first-order valence-corrected chi connectivity index (χ1v) is 15.4. The van der Waals surface area contributed by atoms with E-state index in [-0.39, 0.29) is 54.5 Å². The number of nitriles is 1. The second kappa shape index (κ2) is 11.6. The van der Waals surface area contributed by atoms with Crippen molar-refractivity contribution in [3.05, 3.63) is 136 Å². The number of carboxylic acid groups (broad SMARTS) is 1. The highest BCUT2D eigenvalue weighted by Gasteiger charge is 2.31. The average molecular weight is 647 g/mol. The number of aryl methyl sites for hydroxylation is 1. The van der Waals surface area contributed by atoms with Crippen molar-refractivity contribution >= 4 is 44.2 Å². The zero-order chi connectivity index (χ0) is 32.7. The minimum Gasteiger partial charge on any atom is -0.478 e. The van der Waals surface area contributed by atoms with E-state index in [1.54, 1.807) is 49.4 Å². The molecule has 0 saturated heterocycles. The summed E-state index contributed by atoms with van der Waals surface area (Å²) in [7, 11) is -4.42. The molecule has 0 fully saturated rings. The van der Waals surface area contributed by atoms with Crippen molar-refractivity contribution in [3.8, 4) is 39.6 Å². The Morgan fingerprint density at radius 3 is 2.43 bits per heavy atom. The Hall–Kier alpha value is -5.81. The van der Waals surface area contributed by atoms with E-state index in [9.17, 15) is 28.0 Å². The zero-order valence-electron chi connectivity index (χ0n) is 23.9. The van der Waals surface area contributed by atoms with Crippen LogP contribution in [-0.4, -0.2) is 28.5 Å². The minimum atomic E-state index is -4.42. The molecule has 2 aromatic heterocycles. The highest BCUT2D eigenvalue weighted by Crippen LogP contribution is 2.48. The summed E-state index contributed by atoms with van der Waals surface area (Å²) >= 11 is 6.51. The van der Waals surface area contributed by atoms with Gasteiger partial charge < -0.3 is 5.11 Å². The van der Waals surface area contributed by atoms with Crippen LogP contribution in [0.3, 0.4) is 0 Å². The molecule has 0 spiro atoms. The van der Waals surface area contributed by atoms with Gasteiger partial charge in [-0.1, -0.05) is 48.0 Å². The van der Waals surface area contributed by atoms with E-state index in [0.29, 0.717) is 22.4 Å². The van der Waals surface area contributed by atoms with Gasteiger partial charge in [-0.15, -0.1) is 0 Å². The number of rotatable bonds is 6. The Kier molecular flexibility index (Phi) is 7.62. The predicted octanol–water partition coefficient (Wildman–Crippen LogP) is 8.50. The Balaban J connectivity index is 1.78. The van der Waals surface area contributed by atoms with Crippen LogP contribution in [0.1, 0.15) is 21.6 Å². The number of pyridine rings is 1. The Bertz CT molecular complexity index is 2390. The first-order valence-electron chi connectivity index (χ1n) is 13.6. The fourth-order valence-corrected chi connectivity index (χ4v) is 7.20. The molecular formula is C35H20ClFN4O4S. The van der Waals surface area contributed by atoms with E-state index >= 15 is 0 Å². The minimum absolute atomic E-state index is 0.00747. The van der Waals surface area contributed by atoms with Crippen molar-refractivity contribution in [1.82, 2.24) is 8.96 Å². The number of aromatic carboxylic acids is 1. The molecule has 0 saturated carbocycles. The largest absolute Gasteiger partial charge is 0.478 e. The van der Waals surface area contributed by atoms with Crippen LogP contribution in [0.25, 0.3) is 49.3 Å². The Morgan fingerprint density at radius 2 is 1.76 bits per heavy atom. The van der Waals surface area contributed by atoms with Crippen LogP contribution >= 0.6 is 11.6 Å². The van der Waals surface area contributed by atoms with Gasteiger partial charge in [-0.05, 0) is 67.1 Å². The maximum Gasteiger partial charge on any atom is 0.335 e. The summed E-state index contributed by atoms with van der Waals surface area (Å²) < 4.78 is 45.1. The van der Waals surface area contributed by atoms with E-state index in [2.05, 4.69) is 15.9 Å². The molecular weight excluding hydrogens is 627 g/mol. The number of hydrogen-bond donors (Lipinski definition) is 1. The molecule has 0 aliphatic carbocycles. The van der Waals surface area contributed by atoms with Gasteiger partial charge in [-0.3, -0.25) is 4.98 Å². The second-order valence-electron chi connectivity index (χ2n) is 10.3. The monoisotopic (exact) mass is 646 g/mol. The Labute approximate surface area is 268 Å². The van der Waals surface area contributed by atoms with Gasteiger partial charge in [0, 0.05) is 50.1 Å². The van der Waals surface area contributed by atoms with Gasteiger partial charge in [0.05, 0.1) is 29.4 Å². The molecule has 0 atom stereocenters. The summed E-state index contributed by atoms with van der Waals surface area (Å²) in [6, 6.07) is 24.3. The smallest absolute Gasteiger partial charge is 0.335 e. The number of hydrogen-bond acceptors (Lipinski definition) is 5. The van der Waals surface area contributed by atoms with Crippen LogP contribution in [-0.2, 0) is 10.0 Å². The van der Waals surface area contributed by atoms with Crippen LogP contribution in [0.4, 0.5) is 10.1 Å². The molecule has 0 amide bonds. The van der Waals surface area contributed by atoms with Crippen molar-refractivity contribution < 1.29 is 22.7 Å². The van der Waals surface area contributed by atoms with E-state index in [1.807, 2.05) is 0 Å². The van der Waals surface area contributed by atoms with Crippen LogP contribution in [0.15, 0.2) is 102 Å². The summed E-state index contributed by atoms with van der Waals surface area (Å²) in [6.45, 7) is 9.60. The van der Waals surface area contributed by atoms with Gasteiger partial charge in [0.15, 0.2) is 5.69 Å². The molecule has 6 rings (SSSR count). The normalized spacial score (nSPS) is 11.2. The van der Waals surface area contributed by atoms with E-state index in [4.69, 9.17) is 18.2 Å². The molecule has 0 aliphatic rings. The number of aromatic nitrogens is 2. The first-order chi connectivity index (χ1) is 22.0. The third-order valence-corrected chi connectivity index (χ3v) is 9.52. The molecule has 0 radical (unpaired) electrons. The lowest BCUT2D eigenvalue weighted by atomic mass is 9.92. The summed E-state index contributed by atoms with van der Waals surface area (Å²) in [5, 5.41) is 19.8. The molecule has 2 heterocycles. The summed E-state index contributed by atoms with van der Waals surface area (Å²) in [6.07, 6.45) is 1.23. The SMILES string of the molecule is [C-]#[N+]c1cccc(C#N)c1-c1c(-c2cccc(-c3ccc(C(=O)O)cc3Cl)c2)n(S(=O)(=O)c2ccc(C)nc2)c2ccc(F)cc12. The average Bonchev–Trinajstić information content (AvgIpc) is 3.39. The first kappa shape index (κ1) is 30.2. The lowest BCUT2D eigenvalue weighted by Gasteiger charge is -2.16. The lowest BCUT2D eigenvalue weighted by molar-refractivity contribution is 0.0697. The number of halogens is 2. The van der Waals surface area contributed by atoms with Crippen LogP contribution in [0, 0.1) is 30.6 Å². The fraction of sp³-hybridized carbons (Fsp3) is 0.0286. The molecule has 46 heavy (non-hydrogen) atoms. The second-order valence-corrected chi connectivity index (χ2v) is 12.5. The summed E-state index contributed by atoms with van der Waals surface area (Å²) in [5.74, 6) is -1.80. The van der Waals surface area contributed by atoms with Crippen LogP contribution < -0.4 is 0 Å². The van der Waals surface area contributed by atoms with E-state index < -0.39 is 21.8 Å². The van der Waals surface area contributed by atoms with Crippen molar-refractivity contribution in [3.63, 3.8) is 0 Å². The number of carboxylic acids is 1. The fourth-order valence-electron chi connectivity index (χ4n) is 5.42. The maximum atomic E-state index is 15.0. The molecule has 224 valence electrons. The molecule has 0 aliphatic heterocycles. The van der Waals surface area contributed by atoms with Gasteiger partial charge in [-0.2, -0.15) is 5.26 Å². The standard InChI is InChI=1S/C35H20ClFN4O4S/c1-20-9-12-26(19-40-20)46(44,45)41-31-14-11-25(37)17-28(31)33(32-24(18-38)7-4-8-30(32)39-2)34(41)22-6-3-5-21(15-22)27-13-10-23(35(42)43)16-29(27)36/h3-17,19H,1H3,(H,42,43). The van der Waals surface area contributed by atoms with Gasteiger partial charge >= 0.3 is 5.97 Å². The molecule has 6 aromatic rings.